The van der Waals surface area contributed by atoms with E-state index in [0.29, 0.717) is 12.4 Å². The van der Waals surface area contributed by atoms with E-state index in [9.17, 15) is 4.79 Å². The van der Waals surface area contributed by atoms with Crippen molar-refractivity contribution < 1.29 is 9.53 Å². The Morgan fingerprint density at radius 3 is 2.71 bits per heavy atom. The van der Waals surface area contributed by atoms with E-state index >= 15 is 0 Å². The van der Waals surface area contributed by atoms with Crippen LogP contribution in [-0.2, 0) is 4.79 Å². The van der Waals surface area contributed by atoms with Gasteiger partial charge in [-0.1, -0.05) is 23.1 Å². The molecule has 1 aromatic heterocycles. The first-order chi connectivity index (χ1) is 10.2. The average Bonchev–Trinajstić information content (AvgIpc) is 2.96. The van der Waals surface area contributed by atoms with Gasteiger partial charge in [0, 0.05) is 12.7 Å². The van der Waals surface area contributed by atoms with Crippen LogP contribution in [0.1, 0.15) is 6.92 Å². The van der Waals surface area contributed by atoms with Crippen LogP contribution in [0.5, 0.6) is 5.75 Å². The summed E-state index contributed by atoms with van der Waals surface area (Å²) in [7, 11) is 1.79. The molecule has 0 saturated carbocycles. The molecule has 8 heteroatoms. The van der Waals surface area contributed by atoms with Gasteiger partial charge < -0.3 is 15.4 Å². The quantitative estimate of drug-likeness (QED) is 0.763. The second-order valence-electron chi connectivity index (χ2n) is 3.92. The summed E-state index contributed by atoms with van der Waals surface area (Å²) in [5.41, 5.74) is 0.747. The van der Waals surface area contributed by atoms with E-state index in [2.05, 4.69) is 20.8 Å². The highest BCUT2D eigenvalue weighted by molar-refractivity contribution is 8.01. The van der Waals surface area contributed by atoms with Crippen LogP contribution >= 0.6 is 23.1 Å². The Kier molecular flexibility index (Phi) is 5.82. The minimum atomic E-state index is -0.0784. The SMILES string of the molecule is CCOc1ccc(NC(=O)CSc2nnc(NC)s2)cc1. The molecule has 0 spiro atoms. The highest BCUT2D eigenvalue weighted by Gasteiger charge is 2.08. The third kappa shape index (κ3) is 4.91. The van der Waals surface area contributed by atoms with Crippen molar-refractivity contribution in [1.82, 2.24) is 10.2 Å². The zero-order valence-electron chi connectivity index (χ0n) is 11.8. The molecule has 112 valence electrons. The van der Waals surface area contributed by atoms with Gasteiger partial charge in [-0.2, -0.15) is 0 Å². The first-order valence-electron chi connectivity index (χ1n) is 6.38. The molecular weight excluding hydrogens is 308 g/mol. The molecule has 1 aromatic carbocycles. The van der Waals surface area contributed by atoms with E-state index in [-0.39, 0.29) is 5.91 Å². The Balaban J connectivity index is 1.81. The molecule has 1 amide bonds. The van der Waals surface area contributed by atoms with Crippen LogP contribution in [0.3, 0.4) is 0 Å². The number of hydrogen-bond acceptors (Lipinski definition) is 7. The fourth-order valence-electron chi connectivity index (χ4n) is 1.49. The highest BCUT2D eigenvalue weighted by atomic mass is 32.2. The van der Waals surface area contributed by atoms with E-state index < -0.39 is 0 Å². The van der Waals surface area contributed by atoms with E-state index in [1.807, 2.05) is 31.2 Å². The van der Waals surface area contributed by atoms with Crippen molar-refractivity contribution in [2.45, 2.75) is 11.3 Å². The van der Waals surface area contributed by atoms with Crippen molar-refractivity contribution in [2.24, 2.45) is 0 Å². The van der Waals surface area contributed by atoms with Gasteiger partial charge in [0.15, 0.2) is 4.34 Å². The molecule has 21 heavy (non-hydrogen) atoms. The predicted octanol–water partition coefficient (Wildman–Crippen LogP) is 2.71. The van der Waals surface area contributed by atoms with Crippen molar-refractivity contribution in [2.75, 3.05) is 30.0 Å². The zero-order chi connectivity index (χ0) is 15.1. The van der Waals surface area contributed by atoms with Crippen LogP contribution in [0.2, 0.25) is 0 Å². The smallest absolute Gasteiger partial charge is 0.234 e. The standard InChI is InChI=1S/C13H16N4O2S2/c1-3-19-10-6-4-9(5-7-10)15-11(18)8-20-13-17-16-12(14-2)21-13/h4-7H,3,8H2,1-2H3,(H,14,16)(H,15,18). The number of rotatable bonds is 7. The maximum atomic E-state index is 11.9. The molecule has 0 saturated heterocycles. The molecule has 0 aliphatic heterocycles. The molecule has 0 bridgehead atoms. The number of nitrogens with one attached hydrogen (secondary N) is 2. The van der Waals surface area contributed by atoms with Gasteiger partial charge in [-0.15, -0.1) is 10.2 Å². The number of ether oxygens (including phenoxy) is 1. The van der Waals surface area contributed by atoms with E-state index in [0.717, 1.165) is 20.9 Å². The Labute approximate surface area is 131 Å². The first kappa shape index (κ1) is 15.6. The number of carbonyl (C=O) groups excluding carboxylic acids is 1. The lowest BCUT2D eigenvalue weighted by atomic mass is 10.3. The van der Waals surface area contributed by atoms with Crippen LogP contribution in [0.15, 0.2) is 28.6 Å². The molecule has 2 N–H and O–H groups in total. The van der Waals surface area contributed by atoms with Gasteiger partial charge in [-0.3, -0.25) is 4.79 Å². The Morgan fingerprint density at radius 2 is 2.10 bits per heavy atom. The third-order valence-corrected chi connectivity index (χ3v) is 4.47. The summed E-state index contributed by atoms with van der Waals surface area (Å²) in [5, 5.41) is 14.4. The number of thioether (sulfide) groups is 1. The van der Waals surface area contributed by atoms with Gasteiger partial charge in [0.2, 0.25) is 11.0 Å². The molecule has 2 rings (SSSR count). The molecular formula is C13H16N4O2S2. The zero-order valence-corrected chi connectivity index (χ0v) is 13.4. The van der Waals surface area contributed by atoms with Gasteiger partial charge in [0.25, 0.3) is 0 Å². The number of carbonyl (C=O) groups is 1. The lowest BCUT2D eigenvalue weighted by Crippen LogP contribution is -2.13. The lowest BCUT2D eigenvalue weighted by Gasteiger charge is -2.06. The molecule has 0 fully saturated rings. The van der Waals surface area contributed by atoms with Crippen molar-refractivity contribution in [3.05, 3.63) is 24.3 Å². The number of nitrogens with zero attached hydrogens (tertiary/aromatic N) is 2. The molecule has 2 aromatic rings. The van der Waals surface area contributed by atoms with Crippen molar-refractivity contribution in [3.63, 3.8) is 0 Å². The molecule has 0 aliphatic rings. The number of benzene rings is 1. The molecule has 0 unspecified atom stereocenters. The first-order valence-corrected chi connectivity index (χ1v) is 8.18. The number of anilines is 2. The second kappa shape index (κ2) is 7.84. The van der Waals surface area contributed by atoms with Crippen LogP contribution in [0.4, 0.5) is 10.8 Å². The Morgan fingerprint density at radius 1 is 1.33 bits per heavy atom. The summed E-state index contributed by atoms with van der Waals surface area (Å²) < 4.78 is 6.11. The van der Waals surface area contributed by atoms with E-state index in [4.69, 9.17) is 4.74 Å². The minimum Gasteiger partial charge on any atom is -0.494 e. The third-order valence-electron chi connectivity index (χ3n) is 2.40. The lowest BCUT2D eigenvalue weighted by molar-refractivity contribution is -0.113. The highest BCUT2D eigenvalue weighted by Crippen LogP contribution is 2.25. The maximum absolute atomic E-state index is 11.9. The van der Waals surface area contributed by atoms with E-state index in [1.54, 1.807) is 7.05 Å². The maximum Gasteiger partial charge on any atom is 0.234 e. The average molecular weight is 324 g/mol. The molecule has 1 heterocycles. The summed E-state index contributed by atoms with van der Waals surface area (Å²) >= 11 is 2.79. The largest absolute Gasteiger partial charge is 0.494 e. The van der Waals surface area contributed by atoms with Crippen LogP contribution in [0.25, 0.3) is 0 Å². The minimum absolute atomic E-state index is 0.0784. The van der Waals surface area contributed by atoms with Crippen molar-refractivity contribution in [1.29, 1.82) is 0 Å². The summed E-state index contributed by atoms with van der Waals surface area (Å²) in [6.45, 7) is 2.55. The number of amides is 1. The van der Waals surface area contributed by atoms with Crippen LogP contribution in [-0.4, -0.2) is 35.5 Å². The Hall–Kier alpha value is -1.80. The van der Waals surface area contributed by atoms with Crippen molar-refractivity contribution in [3.8, 4) is 5.75 Å². The van der Waals surface area contributed by atoms with E-state index in [1.165, 1.54) is 23.1 Å². The molecule has 0 radical (unpaired) electrons. The summed E-state index contributed by atoms with van der Waals surface area (Å²) in [5.74, 6) is 1.01. The fraction of sp³-hybridized carbons (Fsp3) is 0.308. The van der Waals surface area contributed by atoms with Gasteiger partial charge >= 0.3 is 0 Å². The van der Waals surface area contributed by atoms with Crippen LogP contribution < -0.4 is 15.4 Å². The second-order valence-corrected chi connectivity index (χ2v) is 6.12. The molecule has 6 nitrogen and oxygen atoms in total. The molecule has 0 atom stereocenters. The monoisotopic (exact) mass is 324 g/mol. The van der Waals surface area contributed by atoms with Gasteiger partial charge in [-0.05, 0) is 31.2 Å². The predicted molar refractivity (Wildman–Crippen MR) is 86.4 cm³/mol. The van der Waals surface area contributed by atoms with Crippen LogP contribution in [0, 0.1) is 0 Å². The van der Waals surface area contributed by atoms with Gasteiger partial charge in [0.1, 0.15) is 5.75 Å². The Bertz CT molecular complexity index is 586. The number of hydrogen-bond donors (Lipinski definition) is 2. The van der Waals surface area contributed by atoms with Gasteiger partial charge in [-0.25, -0.2) is 0 Å². The fourth-order valence-corrected chi connectivity index (χ4v) is 3.00. The van der Waals surface area contributed by atoms with Crippen molar-refractivity contribution >= 4 is 39.8 Å². The topological polar surface area (TPSA) is 76.1 Å². The summed E-state index contributed by atoms with van der Waals surface area (Å²) in [6, 6.07) is 7.29. The summed E-state index contributed by atoms with van der Waals surface area (Å²) in [6.07, 6.45) is 0. The summed E-state index contributed by atoms with van der Waals surface area (Å²) in [4.78, 5) is 11.9. The van der Waals surface area contributed by atoms with Gasteiger partial charge in [0.05, 0.1) is 12.4 Å². The number of aromatic nitrogens is 2. The normalized spacial score (nSPS) is 10.2. The molecule has 0 aliphatic carbocycles.